The Morgan fingerprint density at radius 1 is 1.00 bits per heavy atom. The number of fused-ring (bicyclic) bond motifs is 3. The highest BCUT2D eigenvalue weighted by Crippen LogP contribution is 2.73. The van der Waals surface area contributed by atoms with Crippen LogP contribution in [-0.4, -0.2) is 11.2 Å². The van der Waals surface area contributed by atoms with Crippen molar-refractivity contribution in [3.05, 3.63) is 0 Å². The van der Waals surface area contributed by atoms with E-state index < -0.39 is 0 Å². The Balaban J connectivity index is 1.95. The fourth-order valence-corrected chi connectivity index (χ4v) is 5.42. The van der Waals surface area contributed by atoms with E-state index in [0.717, 1.165) is 30.1 Å². The quantitative estimate of drug-likeness (QED) is 0.665. The lowest BCUT2D eigenvalue weighted by Gasteiger charge is -2.51. The molecule has 0 bridgehead atoms. The van der Waals surface area contributed by atoms with Crippen molar-refractivity contribution in [3.8, 4) is 0 Å². The van der Waals surface area contributed by atoms with Crippen LogP contribution in [0.4, 0.5) is 0 Å². The Morgan fingerprint density at radius 2 is 1.69 bits per heavy atom. The van der Waals surface area contributed by atoms with Crippen LogP contribution in [0.2, 0.25) is 0 Å². The molecule has 0 heterocycles. The first-order valence-electron chi connectivity index (χ1n) is 7.07. The zero-order chi connectivity index (χ0) is 11.7. The molecule has 16 heavy (non-hydrogen) atoms. The topological polar surface area (TPSA) is 20.2 Å². The molecule has 0 unspecified atom stereocenters. The van der Waals surface area contributed by atoms with Crippen LogP contribution in [0, 0.1) is 34.5 Å². The maximum absolute atomic E-state index is 10.4. The molecule has 92 valence electrons. The maximum Gasteiger partial charge on any atom is 0.0596 e. The third-order valence-electron chi connectivity index (χ3n) is 6.55. The van der Waals surface area contributed by atoms with Crippen molar-refractivity contribution < 1.29 is 5.11 Å². The molecule has 3 saturated carbocycles. The fraction of sp³-hybridized carbons (Fsp3) is 1.00. The van der Waals surface area contributed by atoms with Gasteiger partial charge in [-0.2, -0.15) is 0 Å². The minimum absolute atomic E-state index is 0.0361. The Hall–Kier alpha value is -0.0400. The first kappa shape index (κ1) is 11.1. The second kappa shape index (κ2) is 3.04. The molecular formula is C15H26O. The summed E-state index contributed by atoms with van der Waals surface area (Å²) >= 11 is 0. The van der Waals surface area contributed by atoms with E-state index in [-0.39, 0.29) is 11.5 Å². The number of aliphatic hydroxyl groups excluding tert-OH is 1. The molecule has 0 spiro atoms. The summed E-state index contributed by atoms with van der Waals surface area (Å²) in [6.07, 6.45) is 4.85. The summed E-state index contributed by atoms with van der Waals surface area (Å²) in [5.74, 6) is 3.46. The molecule has 0 radical (unpaired) electrons. The summed E-state index contributed by atoms with van der Waals surface area (Å²) in [5.41, 5.74) is 0.792. The molecule has 6 atom stereocenters. The van der Waals surface area contributed by atoms with Gasteiger partial charge in [-0.1, -0.05) is 27.7 Å². The van der Waals surface area contributed by atoms with E-state index >= 15 is 0 Å². The Morgan fingerprint density at radius 3 is 2.38 bits per heavy atom. The summed E-state index contributed by atoms with van der Waals surface area (Å²) < 4.78 is 0. The summed E-state index contributed by atoms with van der Waals surface area (Å²) in [4.78, 5) is 0. The molecule has 3 aliphatic rings. The summed E-state index contributed by atoms with van der Waals surface area (Å²) in [5, 5.41) is 10.4. The van der Waals surface area contributed by atoms with E-state index in [4.69, 9.17) is 0 Å². The van der Waals surface area contributed by atoms with Gasteiger partial charge in [0.1, 0.15) is 0 Å². The SMILES string of the molecule is C[C@@H]1CC[C@@H](O)[C@]2(C)CC[C@H]3[C@H]([C@H]12)C3(C)C. The zero-order valence-electron chi connectivity index (χ0n) is 11.2. The van der Waals surface area contributed by atoms with Crippen molar-refractivity contribution in [2.24, 2.45) is 34.5 Å². The van der Waals surface area contributed by atoms with Crippen molar-refractivity contribution in [2.75, 3.05) is 0 Å². The van der Waals surface area contributed by atoms with Crippen molar-refractivity contribution in [1.29, 1.82) is 0 Å². The predicted octanol–water partition coefficient (Wildman–Crippen LogP) is 3.47. The summed E-state index contributed by atoms with van der Waals surface area (Å²) in [7, 11) is 0. The van der Waals surface area contributed by atoms with Gasteiger partial charge in [-0.15, -0.1) is 0 Å². The van der Waals surface area contributed by atoms with Crippen molar-refractivity contribution in [2.45, 2.75) is 59.5 Å². The number of hydrogen-bond acceptors (Lipinski definition) is 1. The van der Waals surface area contributed by atoms with Gasteiger partial charge in [-0.05, 0) is 60.2 Å². The van der Waals surface area contributed by atoms with Crippen LogP contribution in [0.1, 0.15) is 53.4 Å². The highest BCUT2D eigenvalue weighted by molar-refractivity contribution is 5.16. The molecule has 3 fully saturated rings. The molecule has 3 rings (SSSR count). The largest absolute Gasteiger partial charge is 0.393 e. The molecule has 3 aliphatic carbocycles. The smallest absolute Gasteiger partial charge is 0.0596 e. The van der Waals surface area contributed by atoms with Gasteiger partial charge in [0.2, 0.25) is 0 Å². The van der Waals surface area contributed by atoms with Crippen LogP contribution in [0.25, 0.3) is 0 Å². The van der Waals surface area contributed by atoms with E-state index in [0.29, 0.717) is 5.41 Å². The van der Waals surface area contributed by atoms with Gasteiger partial charge in [0.25, 0.3) is 0 Å². The van der Waals surface area contributed by atoms with Gasteiger partial charge < -0.3 is 5.11 Å². The van der Waals surface area contributed by atoms with Crippen LogP contribution in [0.3, 0.4) is 0 Å². The number of rotatable bonds is 0. The van der Waals surface area contributed by atoms with E-state index in [9.17, 15) is 5.11 Å². The highest BCUT2D eigenvalue weighted by Gasteiger charge is 2.68. The number of hydrogen-bond donors (Lipinski definition) is 1. The molecule has 0 aromatic carbocycles. The molecule has 0 aromatic heterocycles. The minimum atomic E-state index is -0.0361. The van der Waals surface area contributed by atoms with Gasteiger partial charge in [-0.3, -0.25) is 0 Å². The van der Waals surface area contributed by atoms with Crippen LogP contribution in [-0.2, 0) is 0 Å². The van der Waals surface area contributed by atoms with Gasteiger partial charge in [-0.25, -0.2) is 0 Å². The summed E-state index contributed by atoms with van der Waals surface area (Å²) in [6.45, 7) is 9.68. The monoisotopic (exact) mass is 222 g/mol. The standard InChI is InChI=1S/C15H26O/c1-9-5-6-11(16)15(4)8-7-10-13(12(9)15)14(10,2)3/h9-13,16H,5-8H2,1-4H3/t9-,10+,11-,12+,13-,15+/m1/s1. The lowest BCUT2D eigenvalue weighted by molar-refractivity contribution is -0.0951. The normalized spacial score (nSPS) is 58.7. The molecule has 1 heteroatoms. The van der Waals surface area contributed by atoms with E-state index in [2.05, 4.69) is 27.7 Å². The average Bonchev–Trinajstić information content (AvgIpc) is 2.76. The first-order valence-corrected chi connectivity index (χ1v) is 7.07. The third kappa shape index (κ3) is 1.16. The average molecular weight is 222 g/mol. The fourth-order valence-electron chi connectivity index (χ4n) is 5.42. The van der Waals surface area contributed by atoms with Gasteiger partial charge in [0.05, 0.1) is 6.10 Å². The summed E-state index contributed by atoms with van der Waals surface area (Å²) in [6, 6.07) is 0. The van der Waals surface area contributed by atoms with Gasteiger partial charge in [0, 0.05) is 0 Å². The van der Waals surface area contributed by atoms with E-state index in [1.807, 2.05) is 0 Å². The van der Waals surface area contributed by atoms with Crippen LogP contribution < -0.4 is 0 Å². The van der Waals surface area contributed by atoms with Gasteiger partial charge in [0.15, 0.2) is 0 Å². The zero-order valence-corrected chi connectivity index (χ0v) is 11.2. The Kier molecular flexibility index (Phi) is 2.11. The highest BCUT2D eigenvalue weighted by atomic mass is 16.3. The molecule has 0 aromatic rings. The van der Waals surface area contributed by atoms with Crippen molar-refractivity contribution in [1.82, 2.24) is 0 Å². The second-order valence-corrected chi connectivity index (χ2v) is 7.59. The van der Waals surface area contributed by atoms with Crippen LogP contribution in [0.15, 0.2) is 0 Å². The lowest BCUT2D eigenvalue weighted by Crippen LogP contribution is -2.49. The van der Waals surface area contributed by atoms with Gasteiger partial charge >= 0.3 is 0 Å². The Labute approximate surface area is 99.6 Å². The predicted molar refractivity (Wildman–Crippen MR) is 66.0 cm³/mol. The van der Waals surface area contributed by atoms with Crippen LogP contribution >= 0.6 is 0 Å². The maximum atomic E-state index is 10.4. The molecule has 1 N–H and O–H groups in total. The van der Waals surface area contributed by atoms with E-state index in [1.165, 1.54) is 19.3 Å². The number of aliphatic hydroxyl groups is 1. The third-order valence-corrected chi connectivity index (χ3v) is 6.55. The molecule has 0 saturated heterocycles. The first-order chi connectivity index (χ1) is 7.39. The van der Waals surface area contributed by atoms with Crippen molar-refractivity contribution in [3.63, 3.8) is 0 Å². The lowest BCUT2D eigenvalue weighted by atomic mass is 9.55. The molecule has 0 aliphatic heterocycles. The molecular weight excluding hydrogens is 196 g/mol. The van der Waals surface area contributed by atoms with Crippen molar-refractivity contribution >= 4 is 0 Å². The minimum Gasteiger partial charge on any atom is -0.393 e. The van der Waals surface area contributed by atoms with E-state index in [1.54, 1.807) is 0 Å². The molecule has 1 nitrogen and oxygen atoms in total. The van der Waals surface area contributed by atoms with Crippen LogP contribution in [0.5, 0.6) is 0 Å². The Bertz CT molecular complexity index is 309. The second-order valence-electron chi connectivity index (χ2n) is 7.59. The molecule has 0 amide bonds.